The van der Waals surface area contributed by atoms with Crippen molar-refractivity contribution in [2.75, 3.05) is 5.32 Å². The summed E-state index contributed by atoms with van der Waals surface area (Å²) in [5.74, 6) is -1.23. The average molecular weight is 299 g/mol. The molecule has 1 aliphatic carbocycles. The number of alkyl halides is 3. The lowest BCUT2D eigenvalue weighted by Crippen LogP contribution is -2.41. The van der Waals surface area contributed by atoms with Gasteiger partial charge in [0, 0.05) is 11.7 Å². The van der Waals surface area contributed by atoms with Gasteiger partial charge >= 0.3 is 6.18 Å². The molecule has 21 heavy (non-hydrogen) atoms. The highest BCUT2D eigenvalue weighted by molar-refractivity contribution is 5.46. The largest absolute Gasteiger partial charge is 0.393 e. The predicted octanol–water partition coefficient (Wildman–Crippen LogP) is 5.52. The number of hydrogen-bond acceptors (Lipinski definition) is 1. The van der Waals surface area contributed by atoms with Crippen LogP contribution in [0.2, 0.25) is 0 Å². The third-order valence-corrected chi connectivity index (χ3v) is 4.29. The fourth-order valence-electron chi connectivity index (χ4n) is 2.98. The van der Waals surface area contributed by atoms with Crippen LogP contribution in [0.5, 0.6) is 0 Å². The molecule has 1 N–H and O–H groups in total. The van der Waals surface area contributed by atoms with E-state index >= 15 is 0 Å². The fraction of sp³-hybridized carbons (Fsp3) is 0.647. The van der Waals surface area contributed by atoms with Crippen molar-refractivity contribution in [3.05, 3.63) is 29.8 Å². The number of anilines is 1. The lowest BCUT2D eigenvalue weighted by molar-refractivity contribution is -0.184. The summed E-state index contributed by atoms with van der Waals surface area (Å²) in [6.07, 6.45) is -1.74. The highest BCUT2D eigenvalue weighted by Crippen LogP contribution is 2.39. The first-order chi connectivity index (χ1) is 9.68. The van der Waals surface area contributed by atoms with Gasteiger partial charge in [0.2, 0.25) is 0 Å². The molecule has 0 aliphatic heterocycles. The van der Waals surface area contributed by atoms with Gasteiger partial charge in [0.05, 0.1) is 5.92 Å². The molecule has 0 amide bonds. The van der Waals surface area contributed by atoms with E-state index in [1.165, 1.54) is 5.56 Å². The minimum absolute atomic E-state index is 0.0534. The third-order valence-electron chi connectivity index (χ3n) is 4.29. The third kappa shape index (κ3) is 4.14. The Hall–Kier alpha value is -1.19. The number of hydrogen-bond donors (Lipinski definition) is 1. The van der Waals surface area contributed by atoms with Crippen LogP contribution >= 0.6 is 0 Å². The van der Waals surface area contributed by atoms with Crippen LogP contribution in [0.15, 0.2) is 24.3 Å². The SMILES string of the molecule is CC(C)(C)c1ccc(NC2CCCCC2C(F)(F)F)cc1. The lowest BCUT2D eigenvalue weighted by atomic mass is 9.83. The second-order valence-electron chi connectivity index (χ2n) is 7.01. The molecule has 0 bridgehead atoms. The number of rotatable bonds is 2. The smallest absolute Gasteiger partial charge is 0.382 e. The van der Waals surface area contributed by atoms with E-state index in [0.29, 0.717) is 12.8 Å². The Balaban J connectivity index is 2.09. The molecule has 0 radical (unpaired) electrons. The summed E-state index contributed by atoms with van der Waals surface area (Å²) in [7, 11) is 0. The molecule has 2 atom stereocenters. The molecule has 2 rings (SSSR count). The van der Waals surface area contributed by atoms with Gasteiger partial charge in [0.1, 0.15) is 0 Å². The zero-order valence-corrected chi connectivity index (χ0v) is 12.9. The fourth-order valence-corrected chi connectivity index (χ4v) is 2.98. The maximum absolute atomic E-state index is 13.1. The van der Waals surface area contributed by atoms with E-state index in [4.69, 9.17) is 0 Å². The van der Waals surface area contributed by atoms with E-state index in [1.807, 2.05) is 24.3 Å². The Morgan fingerprint density at radius 1 is 0.952 bits per heavy atom. The Kier molecular flexibility index (Phi) is 4.54. The zero-order chi connectivity index (χ0) is 15.7. The predicted molar refractivity (Wildman–Crippen MR) is 80.6 cm³/mol. The van der Waals surface area contributed by atoms with Crippen molar-refractivity contribution >= 4 is 5.69 Å². The van der Waals surface area contributed by atoms with Crippen molar-refractivity contribution in [3.8, 4) is 0 Å². The number of nitrogens with one attached hydrogen (secondary N) is 1. The molecule has 1 aromatic rings. The molecule has 4 heteroatoms. The van der Waals surface area contributed by atoms with E-state index in [9.17, 15) is 13.2 Å². The standard InChI is InChI=1S/C17H24F3N/c1-16(2,3)12-8-10-13(11-9-12)21-15-7-5-4-6-14(15)17(18,19)20/h8-11,14-15,21H,4-7H2,1-3H3. The molecule has 1 aromatic carbocycles. The molecular formula is C17H24F3N. The summed E-state index contributed by atoms with van der Waals surface area (Å²) in [6.45, 7) is 6.36. The van der Waals surface area contributed by atoms with Gasteiger partial charge in [0.25, 0.3) is 0 Å². The van der Waals surface area contributed by atoms with Gasteiger partial charge < -0.3 is 5.32 Å². The van der Waals surface area contributed by atoms with Gasteiger partial charge in [-0.1, -0.05) is 45.7 Å². The quantitative estimate of drug-likeness (QED) is 0.758. The molecule has 0 saturated heterocycles. The molecule has 1 saturated carbocycles. The summed E-state index contributed by atoms with van der Waals surface area (Å²) in [4.78, 5) is 0. The summed E-state index contributed by atoms with van der Waals surface area (Å²) < 4.78 is 39.2. The molecule has 1 fully saturated rings. The van der Waals surface area contributed by atoms with Crippen LogP contribution in [0.4, 0.5) is 18.9 Å². The summed E-state index contributed by atoms with van der Waals surface area (Å²) in [5.41, 5.74) is 2.02. The van der Waals surface area contributed by atoms with Crippen molar-refractivity contribution < 1.29 is 13.2 Å². The van der Waals surface area contributed by atoms with Crippen LogP contribution in [-0.4, -0.2) is 12.2 Å². The molecule has 1 nitrogen and oxygen atoms in total. The number of halogens is 3. The Morgan fingerprint density at radius 3 is 2.05 bits per heavy atom. The molecule has 0 aromatic heterocycles. The molecule has 0 heterocycles. The number of benzene rings is 1. The van der Waals surface area contributed by atoms with E-state index in [0.717, 1.165) is 12.1 Å². The molecule has 2 unspecified atom stereocenters. The Labute approximate surface area is 124 Å². The van der Waals surface area contributed by atoms with Crippen LogP contribution < -0.4 is 5.32 Å². The van der Waals surface area contributed by atoms with Gasteiger partial charge in [-0.25, -0.2) is 0 Å². The van der Waals surface area contributed by atoms with E-state index in [-0.39, 0.29) is 11.8 Å². The lowest BCUT2D eigenvalue weighted by Gasteiger charge is -2.34. The Bertz CT molecular complexity index is 456. The van der Waals surface area contributed by atoms with Crippen molar-refractivity contribution in [3.63, 3.8) is 0 Å². The van der Waals surface area contributed by atoms with E-state index < -0.39 is 18.1 Å². The maximum atomic E-state index is 13.1. The first-order valence-corrected chi connectivity index (χ1v) is 7.62. The van der Waals surface area contributed by atoms with Crippen LogP contribution in [0.3, 0.4) is 0 Å². The molecular weight excluding hydrogens is 275 g/mol. The van der Waals surface area contributed by atoms with E-state index in [2.05, 4.69) is 26.1 Å². The molecule has 118 valence electrons. The van der Waals surface area contributed by atoms with Gasteiger partial charge in [-0.2, -0.15) is 13.2 Å². The van der Waals surface area contributed by atoms with Gasteiger partial charge in [-0.05, 0) is 36.0 Å². The summed E-state index contributed by atoms with van der Waals surface area (Å²) >= 11 is 0. The first kappa shape index (κ1) is 16.2. The van der Waals surface area contributed by atoms with Gasteiger partial charge in [0.15, 0.2) is 0 Å². The van der Waals surface area contributed by atoms with Gasteiger partial charge in [-0.15, -0.1) is 0 Å². The monoisotopic (exact) mass is 299 g/mol. The van der Waals surface area contributed by atoms with Gasteiger partial charge in [-0.3, -0.25) is 0 Å². The molecule has 1 aliphatic rings. The Morgan fingerprint density at radius 2 is 1.52 bits per heavy atom. The second-order valence-corrected chi connectivity index (χ2v) is 7.01. The minimum Gasteiger partial charge on any atom is -0.382 e. The van der Waals surface area contributed by atoms with Crippen molar-refractivity contribution in [2.24, 2.45) is 5.92 Å². The van der Waals surface area contributed by atoms with E-state index in [1.54, 1.807) is 0 Å². The maximum Gasteiger partial charge on any atom is 0.393 e. The van der Waals surface area contributed by atoms with Crippen LogP contribution in [0.1, 0.15) is 52.0 Å². The normalized spacial score (nSPS) is 23.9. The summed E-state index contributed by atoms with van der Waals surface area (Å²) in [6, 6.07) is 7.27. The van der Waals surface area contributed by atoms with Crippen molar-refractivity contribution in [1.82, 2.24) is 0 Å². The second kappa shape index (κ2) is 5.90. The van der Waals surface area contributed by atoms with Crippen LogP contribution in [0.25, 0.3) is 0 Å². The highest BCUT2D eigenvalue weighted by atomic mass is 19.4. The van der Waals surface area contributed by atoms with Crippen molar-refractivity contribution in [1.29, 1.82) is 0 Å². The minimum atomic E-state index is -4.11. The van der Waals surface area contributed by atoms with Crippen LogP contribution in [-0.2, 0) is 5.41 Å². The first-order valence-electron chi connectivity index (χ1n) is 7.62. The topological polar surface area (TPSA) is 12.0 Å². The molecule has 0 spiro atoms. The summed E-state index contributed by atoms with van der Waals surface area (Å²) in [5, 5.41) is 3.10. The van der Waals surface area contributed by atoms with Crippen molar-refractivity contribution in [2.45, 2.75) is 64.1 Å². The van der Waals surface area contributed by atoms with Crippen LogP contribution in [0, 0.1) is 5.92 Å². The zero-order valence-electron chi connectivity index (χ0n) is 12.9. The average Bonchev–Trinajstić information content (AvgIpc) is 2.37. The highest BCUT2D eigenvalue weighted by Gasteiger charge is 2.45.